The summed E-state index contributed by atoms with van der Waals surface area (Å²) in [5.41, 5.74) is 3.36. The van der Waals surface area contributed by atoms with Gasteiger partial charge in [-0.05, 0) is 53.8 Å². The first-order valence-electron chi connectivity index (χ1n) is 11.6. The van der Waals surface area contributed by atoms with E-state index in [1.165, 1.54) is 12.1 Å². The molecule has 1 fully saturated rings. The van der Waals surface area contributed by atoms with Crippen molar-refractivity contribution in [3.8, 4) is 16.9 Å². The number of rotatable bonds is 7. The summed E-state index contributed by atoms with van der Waals surface area (Å²) in [5.74, 6) is -2.40. The molecule has 1 aliphatic carbocycles. The maximum Gasteiger partial charge on any atom is 0.201 e. The SMILES string of the molecule is CC(O)c1ccc(-c2ccc(OCc3ccc(C4=CCC(C5CO5)C=C4F)cc3)c(F)c2F)cc1. The van der Waals surface area contributed by atoms with Crippen molar-refractivity contribution < 1.29 is 27.8 Å². The lowest BCUT2D eigenvalue weighted by Crippen LogP contribution is -2.08. The molecule has 3 aromatic carbocycles. The van der Waals surface area contributed by atoms with E-state index in [2.05, 4.69) is 0 Å². The van der Waals surface area contributed by atoms with Crippen LogP contribution in [0.25, 0.3) is 16.7 Å². The molecule has 0 radical (unpaired) electrons. The molecule has 3 unspecified atom stereocenters. The number of aliphatic hydroxyl groups excluding tert-OH is 1. The zero-order valence-electron chi connectivity index (χ0n) is 19.2. The zero-order valence-corrected chi connectivity index (χ0v) is 19.2. The highest BCUT2D eigenvalue weighted by molar-refractivity contribution is 5.78. The summed E-state index contributed by atoms with van der Waals surface area (Å²) in [6.45, 7) is 2.37. The summed E-state index contributed by atoms with van der Waals surface area (Å²) in [7, 11) is 0. The molecule has 0 spiro atoms. The Bertz CT molecular complexity index is 1270. The lowest BCUT2D eigenvalue weighted by Gasteiger charge is -2.16. The molecule has 180 valence electrons. The van der Waals surface area contributed by atoms with Crippen molar-refractivity contribution in [1.29, 1.82) is 0 Å². The van der Waals surface area contributed by atoms with Gasteiger partial charge in [0.05, 0.1) is 18.8 Å². The number of ether oxygens (including phenoxy) is 2. The van der Waals surface area contributed by atoms with E-state index in [1.54, 1.807) is 61.5 Å². The van der Waals surface area contributed by atoms with Crippen LogP contribution in [0, 0.1) is 17.6 Å². The van der Waals surface area contributed by atoms with E-state index < -0.39 is 17.7 Å². The van der Waals surface area contributed by atoms with Crippen molar-refractivity contribution >= 4 is 5.57 Å². The summed E-state index contributed by atoms with van der Waals surface area (Å²) >= 11 is 0. The van der Waals surface area contributed by atoms with Gasteiger partial charge >= 0.3 is 0 Å². The second-order valence-corrected chi connectivity index (χ2v) is 8.93. The summed E-state index contributed by atoms with van der Waals surface area (Å²) < 4.78 is 54.8. The Morgan fingerprint density at radius 1 is 0.943 bits per heavy atom. The molecule has 1 aliphatic heterocycles. The predicted molar refractivity (Wildman–Crippen MR) is 128 cm³/mol. The largest absolute Gasteiger partial charge is 0.486 e. The molecular weight excluding hydrogens is 453 g/mol. The number of hydrogen-bond acceptors (Lipinski definition) is 3. The van der Waals surface area contributed by atoms with Crippen molar-refractivity contribution in [3.63, 3.8) is 0 Å². The van der Waals surface area contributed by atoms with Crippen LogP contribution in [0.15, 0.2) is 78.6 Å². The highest BCUT2D eigenvalue weighted by atomic mass is 19.2. The van der Waals surface area contributed by atoms with Gasteiger partial charge in [0.25, 0.3) is 0 Å². The Balaban J connectivity index is 1.25. The Morgan fingerprint density at radius 3 is 2.26 bits per heavy atom. The number of benzene rings is 3. The number of allylic oxidation sites excluding steroid dienone is 3. The molecule has 5 rings (SSSR count). The number of epoxide rings is 1. The fourth-order valence-electron chi connectivity index (χ4n) is 4.26. The van der Waals surface area contributed by atoms with Gasteiger partial charge in [-0.3, -0.25) is 0 Å². The molecule has 0 saturated carbocycles. The van der Waals surface area contributed by atoms with Crippen molar-refractivity contribution in [1.82, 2.24) is 0 Å². The fourth-order valence-corrected chi connectivity index (χ4v) is 4.26. The first-order chi connectivity index (χ1) is 16.9. The lowest BCUT2D eigenvalue weighted by molar-refractivity contribution is 0.199. The Hall–Kier alpha value is -3.35. The minimum Gasteiger partial charge on any atom is -0.486 e. The van der Waals surface area contributed by atoms with Crippen molar-refractivity contribution in [2.75, 3.05) is 6.61 Å². The Morgan fingerprint density at radius 2 is 1.63 bits per heavy atom. The van der Waals surface area contributed by atoms with Crippen LogP contribution in [0.1, 0.15) is 36.1 Å². The van der Waals surface area contributed by atoms with Crippen molar-refractivity contribution in [3.05, 3.63) is 107 Å². The van der Waals surface area contributed by atoms with Crippen LogP contribution in [0.4, 0.5) is 13.2 Å². The van der Waals surface area contributed by atoms with Crippen LogP contribution >= 0.6 is 0 Å². The van der Waals surface area contributed by atoms with Gasteiger partial charge in [-0.15, -0.1) is 0 Å². The van der Waals surface area contributed by atoms with Gasteiger partial charge in [-0.25, -0.2) is 8.78 Å². The van der Waals surface area contributed by atoms with Crippen LogP contribution in [0.5, 0.6) is 5.75 Å². The standard InChI is InChI=1S/C29H25F3O3/c1-17(33)19-6-8-21(9-7-19)24-12-13-26(29(32)28(24)31)34-15-18-2-4-20(5-3-18)23-11-10-22(14-25(23)30)27-16-35-27/h2-9,11-14,17,22,27,33H,10,15-16H2,1H3. The number of aliphatic hydroxyl groups is 1. The van der Waals surface area contributed by atoms with E-state index in [9.17, 15) is 18.3 Å². The maximum atomic E-state index is 14.8. The first-order valence-corrected chi connectivity index (χ1v) is 11.6. The monoisotopic (exact) mass is 478 g/mol. The van der Waals surface area contributed by atoms with Gasteiger partial charge < -0.3 is 14.6 Å². The van der Waals surface area contributed by atoms with Gasteiger partial charge in [0.2, 0.25) is 5.82 Å². The summed E-state index contributed by atoms with van der Waals surface area (Å²) in [5, 5.41) is 9.62. The zero-order chi connectivity index (χ0) is 24.5. The molecular formula is C29H25F3O3. The number of hydrogen-bond donors (Lipinski definition) is 1. The molecule has 3 atom stereocenters. The lowest BCUT2D eigenvalue weighted by atomic mass is 9.90. The molecule has 3 aromatic rings. The number of halogens is 3. The third-order valence-electron chi connectivity index (χ3n) is 6.46. The van der Waals surface area contributed by atoms with Gasteiger partial charge in [-0.1, -0.05) is 54.6 Å². The summed E-state index contributed by atoms with van der Waals surface area (Å²) in [4.78, 5) is 0. The van der Waals surface area contributed by atoms with Crippen LogP contribution < -0.4 is 4.74 Å². The fraction of sp³-hybridized carbons (Fsp3) is 0.241. The Labute approximate surface area is 202 Å². The second kappa shape index (κ2) is 9.72. The minimum absolute atomic E-state index is 0.0392. The van der Waals surface area contributed by atoms with Crippen LogP contribution in [0.3, 0.4) is 0 Å². The molecule has 35 heavy (non-hydrogen) atoms. The molecule has 1 heterocycles. The van der Waals surface area contributed by atoms with E-state index in [0.717, 1.165) is 17.5 Å². The topological polar surface area (TPSA) is 42.0 Å². The first kappa shape index (κ1) is 23.4. The smallest absolute Gasteiger partial charge is 0.201 e. The molecule has 1 saturated heterocycles. The van der Waals surface area contributed by atoms with Crippen LogP contribution in [-0.4, -0.2) is 17.8 Å². The van der Waals surface area contributed by atoms with E-state index in [1.807, 2.05) is 6.08 Å². The normalized spacial score (nSPS) is 20.1. The molecule has 3 nitrogen and oxygen atoms in total. The van der Waals surface area contributed by atoms with Crippen LogP contribution in [-0.2, 0) is 11.3 Å². The van der Waals surface area contributed by atoms with E-state index in [-0.39, 0.29) is 35.8 Å². The maximum absolute atomic E-state index is 14.8. The second-order valence-electron chi connectivity index (χ2n) is 8.93. The molecule has 6 heteroatoms. The third-order valence-corrected chi connectivity index (χ3v) is 6.46. The van der Waals surface area contributed by atoms with Gasteiger partial charge in [-0.2, -0.15) is 4.39 Å². The molecule has 1 N–H and O–H groups in total. The average Bonchev–Trinajstić information content (AvgIpc) is 3.71. The summed E-state index contributed by atoms with van der Waals surface area (Å²) in [6.07, 6.45) is 3.76. The Kier molecular flexibility index (Phi) is 6.50. The minimum atomic E-state index is -1.06. The molecule has 0 aromatic heterocycles. The molecule has 2 aliphatic rings. The quantitative estimate of drug-likeness (QED) is 0.375. The predicted octanol–water partition coefficient (Wildman–Crippen LogP) is 6.92. The van der Waals surface area contributed by atoms with Crippen molar-refractivity contribution in [2.45, 2.75) is 32.2 Å². The van der Waals surface area contributed by atoms with E-state index >= 15 is 0 Å². The highest BCUT2D eigenvalue weighted by Gasteiger charge is 2.33. The summed E-state index contributed by atoms with van der Waals surface area (Å²) in [6, 6.07) is 16.7. The van der Waals surface area contributed by atoms with Gasteiger partial charge in [0.15, 0.2) is 11.6 Å². The van der Waals surface area contributed by atoms with Gasteiger partial charge in [0, 0.05) is 17.1 Å². The molecule has 0 amide bonds. The third kappa shape index (κ3) is 5.04. The van der Waals surface area contributed by atoms with Crippen LogP contribution in [0.2, 0.25) is 0 Å². The van der Waals surface area contributed by atoms with Crippen molar-refractivity contribution in [2.24, 2.45) is 5.92 Å². The van der Waals surface area contributed by atoms with Gasteiger partial charge in [0.1, 0.15) is 12.4 Å². The van der Waals surface area contributed by atoms with E-state index in [0.29, 0.717) is 23.3 Å². The highest BCUT2D eigenvalue weighted by Crippen LogP contribution is 2.36. The van der Waals surface area contributed by atoms with E-state index in [4.69, 9.17) is 9.47 Å². The molecule has 0 bridgehead atoms. The average molecular weight is 479 g/mol.